The van der Waals surface area contributed by atoms with Crippen LogP contribution in [0.5, 0.6) is 5.75 Å². The second kappa shape index (κ2) is 5.48. The topological polar surface area (TPSA) is 93.9 Å². The van der Waals surface area contributed by atoms with Gasteiger partial charge in [0.15, 0.2) is 6.61 Å². The minimum atomic E-state index is -0.533. The molecule has 18 heavy (non-hydrogen) atoms. The fourth-order valence-corrected chi connectivity index (χ4v) is 1.72. The zero-order valence-corrected chi connectivity index (χ0v) is 9.59. The third kappa shape index (κ3) is 2.58. The van der Waals surface area contributed by atoms with Gasteiger partial charge in [0.25, 0.3) is 5.91 Å². The van der Waals surface area contributed by atoms with Crippen LogP contribution in [-0.4, -0.2) is 25.0 Å². The highest BCUT2D eigenvalue weighted by atomic mass is 16.7. The van der Waals surface area contributed by atoms with Crippen molar-refractivity contribution in [3.63, 3.8) is 0 Å². The number of carbonyl (C=O) groups is 2. The number of amides is 1. The van der Waals surface area contributed by atoms with Crippen molar-refractivity contribution in [1.82, 2.24) is 5.59 Å². The van der Waals surface area contributed by atoms with Crippen molar-refractivity contribution >= 4 is 17.6 Å². The lowest BCUT2D eigenvalue weighted by molar-refractivity contribution is -0.151. The summed E-state index contributed by atoms with van der Waals surface area (Å²) < 4.78 is 5.28. The molecule has 1 aromatic carbocycles. The molecule has 0 aliphatic carbocycles. The van der Waals surface area contributed by atoms with Gasteiger partial charge in [0.1, 0.15) is 5.75 Å². The maximum atomic E-state index is 11.7. The molecule has 96 valence electrons. The standard InChI is InChI=1S/C11H13N3O4/c12-13-18-11(16)5-6-14-8-3-1-2-4-9(8)17-7-10(14)15/h1-4,13H,5-7,12H2. The molecule has 1 heterocycles. The SMILES string of the molecule is NNOC(=O)CCN1C(=O)COc2ccccc21. The first-order valence-electron chi connectivity index (χ1n) is 5.40. The van der Waals surface area contributed by atoms with Crippen molar-refractivity contribution in [2.24, 2.45) is 5.84 Å². The minimum Gasteiger partial charge on any atom is -0.482 e. The van der Waals surface area contributed by atoms with Crippen LogP contribution < -0.4 is 21.1 Å². The fourth-order valence-electron chi connectivity index (χ4n) is 1.72. The summed E-state index contributed by atoms with van der Waals surface area (Å²) >= 11 is 0. The summed E-state index contributed by atoms with van der Waals surface area (Å²) in [4.78, 5) is 28.8. The predicted molar refractivity (Wildman–Crippen MR) is 62.3 cm³/mol. The van der Waals surface area contributed by atoms with Gasteiger partial charge in [-0.05, 0) is 12.1 Å². The molecule has 1 aliphatic heterocycles. The minimum absolute atomic E-state index is 0.0266. The van der Waals surface area contributed by atoms with Crippen molar-refractivity contribution in [2.75, 3.05) is 18.1 Å². The van der Waals surface area contributed by atoms with Gasteiger partial charge in [0.2, 0.25) is 0 Å². The zero-order chi connectivity index (χ0) is 13.0. The highest BCUT2D eigenvalue weighted by Gasteiger charge is 2.25. The van der Waals surface area contributed by atoms with Crippen molar-refractivity contribution in [3.05, 3.63) is 24.3 Å². The molecule has 0 fully saturated rings. The molecular formula is C11H13N3O4. The normalized spacial score (nSPS) is 13.8. The first kappa shape index (κ1) is 12.3. The molecule has 0 saturated carbocycles. The summed E-state index contributed by atoms with van der Waals surface area (Å²) in [5.41, 5.74) is 2.46. The molecule has 0 atom stereocenters. The fraction of sp³-hybridized carbons (Fsp3) is 0.273. The Morgan fingerprint density at radius 1 is 1.50 bits per heavy atom. The van der Waals surface area contributed by atoms with Crippen LogP contribution in [0.4, 0.5) is 5.69 Å². The summed E-state index contributed by atoms with van der Waals surface area (Å²) in [6.45, 7) is 0.195. The molecule has 0 aromatic heterocycles. The third-order valence-corrected chi connectivity index (χ3v) is 2.52. The largest absolute Gasteiger partial charge is 0.482 e. The van der Waals surface area contributed by atoms with Crippen LogP contribution in [0.2, 0.25) is 0 Å². The molecule has 1 amide bonds. The maximum absolute atomic E-state index is 11.7. The van der Waals surface area contributed by atoms with E-state index < -0.39 is 5.97 Å². The Morgan fingerprint density at radius 3 is 3.06 bits per heavy atom. The molecular weight excluding hydrogens is 238 g/mol. The Bertz CT molecular complexity index is 463. The van der Waals surface area contributed by atoms with Crippen LogP contribution in [0.1, 0.15) is 6.42 Å². The van der Waals surface area contributed by atoms with Gasteiger partial charge in [-0.3, -0.25) is 9.59 Å². The van der Waals surface area contributed by atoms with E-state index in [1.165, 1.54) is 4.90 Å². The molecule has 0 saturated heterocycles. The molecule has 0 unspecified atom stereocenters. The van der Waals surface area contributed by atoms with Crippen molar-refractivity contribution in [1.29, 1.82) is 0 Å². The Balaban J connectivity index is 2.07. The van der Waals surface area contributed by atoms with Crippen LogP contribution >= 0.6 is 0 Å². The Hall–Kier alpha value is -2.12. The summed E-state index contributed by atoms with van der Waals surface area (Å²) in [7, 11) is 0. The average molecular weight is 251 g/mol. The summed E-state index contributed by atoms with van der Waals surface area (Å²) in [6, 6.07) is 7.15. The number of fused-ring (bicyclic) bond motifs is 1. The van der Waals surface area contributed by atoms with E-state index in [-0.39, 0.29) is 25.5 Å². The molecule has 2 rings (SSSR count). The van der Waals surface area contributed by atoms with E-state index in [0.29, 0.717) is 11.4 Å². The number of para-hydroxylation sites is 2. The summed E-state index contributed by atoms with van der Waals surface area (Å²) in [6.07, 6.45) is 0.0459. The van der Waals surface area contributed by atoms with Gasteiger partial charge in [-0.2, -0.15) is 0 Å². The van der Waals surface area contributed by atoms with Crippen LogP contribution in [0, 0.1) is 0 Å². The van der Waals surface area contributed by atoms with Crippen molar-refractivity contribution < 1.29 is 19.2 Å². The van der Waals surface area contributed by atoms with E-state index in [0.717, 1.165) is 0 Å². The number of hydrogen-bond donors (Lipinski definition) is 2. The maximum Gasteiger partial charge on any atom is 0.328 e. The molecule has 7 heteroatoms. The van der Waals surface area contributed by atoms with Gasteiger partial charge >= 0.3 is 5.97 Å². The number of carbonyl (C=O) groups excluding carboxylic acids is 2. The molecule has 3 N–H and O–H groups in total. The van der Waals surface area contributed by atoms with Gasteiger partial charge in [0, 0.05) is 6.54 Å². The number of rotatable bonds is 4. The second-order valence-corrected chi connectivity index (χ2v) is 3.64. The first-order chi connectivity index (χ1) is 8.72. The molecule has 0 bridgehead atoms. The van der Waals surface area contributed by atoms with Crippen LogP contribution in [0.3, 0.4) is 0 Å². The highest BCUT2D eigenvalue weighted by Crippen LogP contribution is 2.31. The molecule has 0 spiro atoms. The highest BCUT2D eigenvalue weighted by molar-refractivity contribution is 5.98. The Labute approximate surface area is 103 Å². The van der Waals surface area contributed by atoms with E-state index in [2.05, 4.69) is 4.84 Å². The number of benzene rings is 1. The van der Waals surface area contributed by atoms with E-state index in [1.54, 1.807) is 18.2 Å². The molecule has 0 radical (unpaired) electrons. The van der Waals surface area contributed by atoms with Gasteiger partial charge in [0.05, 0.1) is 12.1 Å². The van der Waals surface area contributed by atoms with E-state index >= 15 is 0 Å². The van der Waals surface area contributed by atoms with E-state index in [4.69, 9.17) is 10.6 Å². The summed E-state index contributed by atoms with van der Waals surface area (Å²) in [5, 5.41) is 0. The first-order valence-corrected chi connectivity index (χ1v) is 5.40. The van der Waals surface area contributed by atoms with E-state index in [9.17, 15) is 9.59 Å². The van der Waals surface area contributed by atoms with Crippen molar-refractivity contribution in [3.8, 4) is 5.75 Å². The summed E-state index contributed by atoms with van der Waals surface area (Å²) in [5.74, 6) is 4.75. The number of nitrogens with zero attached hydrogens (tertiary/aromatic N) is 1. The average Bonchev–Trinajstić information content (AvgIpc) is 2.38. The van der Waals surface area contributed by atoms with Gasteiger partial charge < -0.3 is 14.5 Å². The van der Waals surface area contributed by atoms with Crippen LogP contribution in [0.15, 0.2) is 24.3 Å². The lowest BCUT2D eigenvalue weighted by Gasteiger charge is -2.28. The molecule has 1 aliphatic rings. The van der Waals surface area contributed by atoms with Crippen LogP contribution in [0.25, 0.3) is 0 Å². The number of hydrogen-bond acceptors (Lipinski definition) is 6. The predicted octanol–water partition coefficient (Wildman–Crippen LogP) is -0.276. The third-order valence-electron chi connectivity index (χ3n) is 2.52. The van der Waals surface area contributed by atoms with Gasteiger partial charge in [-0.25, -0.2) is 5.84 Å². The number of hydrazine groups is 1. The second-order valence-electron chi connectivity index (χ2n) is 3.64. The Morgan fingerprint density at radius 2 is 2.28 bits per heavy atom. The van der Waals surface area contributed by atoms with Gasteiger partial charge in [-0.15, -0.1) is 0 Å². The van der Waals surface area contributed by atoms with Crippen molar-refractivity contribution in [2.45, 2.75) is 6.42 Å². The quantitative estimate of drug-likeness (QED) is 0.565. The number of anilines is 1. The molecule has 1 aromatic rings. The number of nitrogens with one attached hydrogen (secondary N) is 1. The monoisotopic (exact) mass is 251 g/mol. The number of nitrogens with two attached hydrogens (primary N) is 1. The van der Waals surface area contributed by atoms with Gasteiger partial charge in [-0.1, -0.05) is 17.7 Å². The number of ether oxygens (including phenoxy) is 1. The zero-order valence-electron chi connectivity index (χ0n) is 9.59. The Kier molecular flexibility index (Phi) is 3.75. The van der Waals surface area contributed by atoms with E-state index in [1.807, 2.05) is 11.7 Å². The lowest BCUT2D eigenvalue weighted by Crippen LogP contribution is -2.40. The van der Waals surface area contributed by atoms with Crippen LogP contribution in [-0.2, 0) is 14.4 Å². The smallest absolute Gasteiger partial charge is 0.328 e. The lowest BCUT2D eigenvalue weighted by atomic mass is 10.2. The molecule has 7 nitrogen and oxygen atoms in total.